The second-order valence-electron chi connectivity index (χ2n) is 6.59. The monoisotopic (exact) mass is 401 g/mol. The summed E-state index contributed by atoms with van der Waals surface area (Å²) < 4.78 is 11.6. The van der Waals surface area contributed by atoms with Gasteiger partial charge in [0.2, 0.25) is 6.29 Å². The van der Waals surface area contributed by atoms with Crippen LogP contribution in [0, 0.1) is 0 Å². The van der Waals surface area contributed by atoms with Gasteiger partial charge in [-0.25, -0.2) is 0 Å². The Labute approximate surface area is 169 Å². The first-order valence-corrected chi connectivity index (χ1v) is 9.76. The van der Waals surface area contributed by atoms with Gasteiger partial charge in [-0.3, -0.25) is 4.79 Å². The fraction of sp³-hybridized carbons (Fsp3) is 0.318. The highest BCUT2D eigenvalue weighted by Gasteiger charge is 2.28. The van der Waals surface area contributed by atoms with Crippen molar-refractivity contribution in [2.24, 2.45) is 0 Å². The molecule has 3 rings (SSSR count). The molecule has 0 spiro atoms. The van der Waals surface area contributed by atoms with Gasteiger partial charge in [-0.1, -0.05) is 41.9 Å². The molecule has 6 heteroatoms. The number of anilines is 1. The van der Waals surface area contributed by atoms with Crippen molar-refractivity contribution in [3.05, 3.63) is 77.0 Å². The van der Waals surface area contributed by atoms with E-state index in [2.05, 4.69) is 5.32 Å². The number of unbranched alkanes of at least 4 members (excludes halogenated alkanes) is 1. The van der Waals surface area contributed by atoms with Crippen molar-refractivity contribution in [2.45, 2.75) is 31.5 Å². The summed E-state index contributed by atoms with van der Waals surface area (Å²) in [5, 5.41) is 12.4. The summed E-state index contributed by atoms with van der Waals surface area (Å²) in [5.74, 6) is -0.0959. The number of hydrogen-bond acceptors (Lipinski definition) is 4. The Bertz CT molecular complexity index is 792. The predicted molar refractivity (Wildman–Crippen MR) is 109 cm³/mol. The minimum absolute atomic E-state index is 0.0228. The van der Waals surface area contributed by atoms with Gasteiger partial charge in [0.25, 0.3) is 5.91 Å². The minimum Gasteiger partial charge on any atom is -0.459 e. The third kappa shape index (κ3) is 5.83. The van der Waals surface area contributed by atoms with Crippen molar-refractivity contribution in [1.82, 2.24) is 0 Å². The van der Waals surface area contributed by atoms with E-state index in [9.17, 15) is 4.79 Å². The van der Waals surface area contributed by atoms with Crippen molar-refractivity contribution in [1.29, 1.82) is 0 Å². The van der Waals surface area contributed by atoms with E-state index in [-0.39, 0.29) is 24.2 Å². The normalized spacial score (nSPS) is 18.9. The number of halogens is 1. The van der Waals surface area contributed by atoms with Gasteiger partial charge in [0, 0.05) is 29.7 Å². The van der Waals surface area contributed by atoms with Crippen LogP contribution in [0.25, 0.3) is 0 Å². The van der Waals surface area contributed by atoms with E-state index in [4.69, 9.17) is 26.2 Å². The maximum absolute atomic E-state index is 12.7. The molecule has 1 heterocycles. The van der Waals surface area contributed by atoms with Crippen LogP contribution in [0.3, 0.4) is 0 Å². The SMILES string of the molecule is O=C(Nc1ccccc1)C1=C[C@H](c2ccc(Cl)cc2)C[C@H](OCCCCO)O1. The molecule has 28 heavy (non-hydrogen) atoms. The Hall–Kier alpha value is -2.34. The fourth-order valence-corrected chi connectivity index (χ4v) is 3.13. The molecule has 1 aliphatic rings. The Morgan fingerprint density at radius 3 is 2.61 bits per heavy atom. The Kier molecular flexibility index (Phi) is 7.48. The first kappa shape index (κ1) is 20.4. The van der Waals surface area contributed by atoms with Gasteiger partial charge in [-0.05, 0) is 48.7 Å². The van der Waals surface area contributed by atoms with Crippen LogP contribution in [0.15, 0.2) is 66.4 Å². The highest BCUT2D eigenvalue weighted by Crippen LogP contribution is 2.32. The lowest BCUT2D eigenvalue weighted by Gasteiger charge is -2.29. The number of rotatable bonds is 8. The smallest absolute Gasteiger partial charge is 0.290 e. The number of ether oxygens (including phenoxy) is 2. The van der Waals surface area contributed by atoms with Crippen LogP contribution < -0.4 is 5.32 Å². The standard InChI is InChI=1S/C22H24ClNO4/c23-18-10-8-16(9-11-18)17-14-20(22(26)24-19-6-2-1-3-7-19)28-21(15-17)27-13-5-4-12-25/h1-3,6-11,14,17,21,25H,4-5,12-13,15H2,(H,24,26)/t17-,21+/m0/s1. The second-order valence-corrected chi connectivity index (χ2v) is 7.03. The van der Waals surface area contributed by atoms with Gasteiger partial charge in [-0.2, -0.15) is 0 Å². The third-order valence-corrected chi connectivity index (χ3v) is 4.72. The summed E-state index contributed by atoms with van der Waals surface area (Å²) in [6.07, 6.45) is 3.31. The number of carbonyl (C=O) groups is 1. The number of amides is 1. The van der Waals surface area contributed by atoms with Crippen LogP contribution in [0.1, 0.15) is 30.7 Å². The van der Waals surface area contributed by atoms with Crippen LogP contribution in [0.2, 0.25) is 5.02 Å². The summed E-state index contributed by atoms with van der Waals surface area (Å²) in [7, 11) is 0. The quantitative estimate of drug-likeness (QED) is 0.640. The van der Waals surface area contributed by atoms with E-state index in [1.165, 1.54) is 0 Å². The highest BCUT2D eigenvalue weighted by molar-refractivity contribution is 6.30. The molecule has 2 aromatic rings. The topological polar surface area (TPSA) is 67.8 Å². The first-order chi connectivity index (χ1) is 13.7. The second kappa shape index (κ2) is 10.3. The van der Waals surface area contributed by atoms with Gasteiger partial charge in [0.05, 0.1) is 6.61 Å². The van der Waals surface area contributed by atoms with Gasteiger partial charge in [0.15, 0.2) is 5.76 Å². The molecule has 2 N–H and O–H groups in total. The van der Waals surface area contributed by atoms with E-state index in [0.717, 1.165) is 12.0 Å². The zero-order valence-corrected chi connectivity index (χ0v) is 16.3. The molecule has 1 amide bonds. The van der Waals surface area contributed by atoms with Crippen molar-refractivity contribution in [2.75, 3.05) is 18.5 Å². The zero-order valence-electron chi connectivity index (χ0n) is 15.5. The van der Waals surface area contributed by atoms with E-state index < -0.39 is 6.29 Å². The number of carbonyl (C=O) groups excluding carboxylic acids is 1. The predicted octanol–water partition coefficient (Wildman–Crippen LogP) is 4.48. The molecule has 1 aliphatic heterocycles. The molecular weight excluding hydrogens is 378 g/mol. The molecule has 0 saturated heterocycles. The van der Waals surface area contributed by atoms with Crippen molar-refractivity contribution in [3.8, 4) is 0 Å². The van der Waals surface area contributed by atoms with Crippen molar-refractivity contribution in [3.63, 3.8) is 0 Å². The third-order valence-electron chi connectivity index (χ3n) is 4.47. The molecular formula is C22H24ClNO4. The lowest BCUT2D eigenvalue weighted by Crippen LogP contribution is -2.29. The van der Waals surface area contributed by atoms with Crippen LogP contribution in [0.4, 0.5) is 5.69 Å². The van der Waals surface area contributed by atoms with E-state index in [0.29, 0.717) is 30.2 Å². The highest BCUT2D eigenvalue weighted by atomic mass is 35.5. The lowest BCUT2D eigenvalue weighted by atomic mass is 9.93. The number of aliphatic hydroxyl groups is 1. The van der Waals surface area contributed by atoms with Crippen molar-refractivity contribution < 1.29 is 19.4 Å². The molecule has 5 nitrogen and oxygen atoms in total. The summed E-state index contributed by atoms with van der Waals surface area (Å²) in [6.45, 7) is 0.596. The lowest BCUT2D eigenvalue weighted by molar-refractivity contribution is -0.143. The molecule has 0 unspecified atom stereocenters. The summed E-state index contributed by atoms with van der Waals surface area (Å²) >= 11 is 6.00. The van der Waals surface area contributed by atoms with Gasteiger partial charge in [-0.15, -0.1) is 0 Å². The number of hydrogen-bond donors (Lipinski definition) is 2. The molecule has 0 fully saturated rings. The molecule has 148 valence electrons. The molecule has 0 saturated carbocycles. The van der Waals surface area contributed by atoms with Gasteiger partial charge < -0.3 is 19.9 Å². The summed E-state index contributed by atoms with van der Waals surface area (Å²) in [6, 6.07) is 16.8. The van der Waals surface area contributed by atoms with Gasteiger partial charge >= 0.3 is 0 Å². The van der Waals surface area contributed by atoms with E-state index in [1.54, 1.807) is 0 Å². The zero-order chi connectivity index (χ0) is 19.8. The fourth-order valence-electron chi connectivity index (χ4n) is 3.00. The molecule has 2 atom stereocenters. The van der Waals surface area contributed by atoms with Crippen LogP contribution in [-0.2, 0) is 14.3 Å². The maximum Gasteiger partial charge on any atom is 0.290 e. The van der Waals surface area contributed by atoms with E-state index in [1.807, 2.05) is 60.7 Å². The number of nitrogens with one attached hydrogen (secondary N) is 1. The molecule has 0 bridgehead atoms. The maximum atomic E-state index is 12.7. The number of aliphatic hydroxyl groups excluding tert-OH is 1. The Morgan fingerprint density at radius 2 is 1.89 bits per heavy atom. The summed E-state index contributed by atoms with van der Waals surface area (Å²) in [5.41, 5.74) is 1.74. The largest absolute Gasteiger partial charge is 0.459 e. The average molecular weight is 402 g/mol. The van der Waals surface area contributed by atoms with Crippen LogP contribution in [-0.4, -0.2) is 30.5 Å². The average Bonchev–Trinajstić information content (AvgIpc) is 2.72. The molecule has 0 aromatic heterocycles. The van der Waals surface area contributed by atoms with Crippen LogP contribution in [0.5, 0.6) is 0 Å². The van der Waals surface area contributed by atoms with Crippen LogP contribution >= 0.6 is 11.6 Å². The summed E-state index contributed by atoms with van der Waals surface area (Å²) in [4.78, 5) is 12.7. The Morgan fingerprint density at radius 1 is 1.14 bits per heavy atom. The number of benzene rings is 2. The first-order valence-electron chi connectivity index (χ1n) is 9.38. The number of para-hydroxylation sites is 1. The Balaban J connectivity index is 1.74. The molecule has 0 radical (unpaired) electrons. The van der Waals surface area contributed by atoms with Gasteiger partial charge in [0.1, 0.15) is 0 Å². The van der Waals surface area contributed by atoms with E-state index >= 15 is 0 Å². The number of allylic oxidation sites excluding steroid dienone is 1. The minimum atomic E-state index is -0.527. The molecule has 2 aromatic carbocycles. The van der Waals surface area contributed by atoms with Crippen molar-refractivity contribution >= 4 is 23.2 Å². The molecule has 0 aliphatic carbocycles.